The van der Waals surface area contributed by atoms with Crippen molar-refractivity contribution in [3.63, 3.8) is 0 Å². The van der Waals surface area contributed by atoms with Gasteiger partial charge in [0, 0.05) is 21.7 Å². The zero-order chi connectivity index (χ0) is 20.3. The standard InChI is InChI=1S/C21H19Cl2NO3S/c1-3-13(2)24-20(25)19(28-21(24)26)10-14-4-8-17(9-5-14)27-12-15-6-7-16(22)11-18(15)23/h4-11,13H,3,12H2,1-2H3/b19-10+/t13-/m0/s1. The maximum Gasteiger partial charge on any atom is 0.293 e. The molecule has 0 bridgehead atoms. The molecular formula is C21H19Cl2NO3S. The molecule has 0 spiro atoms. The van der Waals surface area contributed by atoms with E-state index in [2.05, 4.69) is 0 Å². The van der Waals surface area contributed by atoms with Gasteiger partial charge < -0.3 is 4.74 Å². The van der Waals surface area contributed by atoms with Crippen LogP contribution < -0.4 is 4.74 Å². The third-order valence-corrected chi connectivity index (χ3v) is 5.91. The van der Waals surface area contributed by atoms with Crippen molar-refractivity contribution >= 4 is 52.2 Å². The van der Waals surface area contributed by atoms with E-state index >= 15 is 0 Å². The molecule has 0 unspecified atom stereocenters. The molecule has 7 heteroatoms. The molecule has 1 heterocycles. The summed E-state index contributed by atoms with van der Waals surface area (Å²) in [6, 6.07) is 12.5. The summed E-state index contributed by atoms with van der Waals surface area (Å²) in [5.74, 6) is 0.443. The fourth-order valence-corrected chi connectivity index (χ4v) is 4.05. The van der Waals surface area contributed by atoms with Gasteiger partial charge in [-0.2, -0.15) is 0 Å². The molecule has 3 rings (SSSR count). The summed E-state index contributed by atoms with van der Waals surface area (Å²) >= 11 is 13.0. The summed E-state index contributed by atoms with van der Waals surface area (Å²) < 4.78 is 5.76. The smallest absolute Gasteiger partial charge is 0.293 e. The monoisotopic (exact) mass is 435 g/mol. The second-order valence-corrected chi connectivity index (χ2v) is 8.24. The Morgan fingerprint density at radius 3 is 2.50 bits per heavy atom. The number of carbonyl (C=O) groups excluding carboxylic acids is 2. The molecular weight excluding hydrogens is 417 g/mol. The summed E-state index contributed by atoms with van der Waals surface area (Å²) in [6.07, 6.45) is 2.46. The Morgan fingerprint density at radius 1 is 1.14 bits per heavy atom. The summed E-state index contributed by atoms with van der Waals surface area (Å²) in [5.41, 5.74) is 1.67. The lowest BCUT2D eigenvalue weighted by atomic mass is 10.2. The van der Waals surface area contributed by atoms with Crippen LogP contribution in [0, 0.1) is 0 Å². The number of halogens is 2. The molecule has 2 aromatic rings. The molecule has 0 radical (unpaired) electrons. The van der Waals surface area contributed by atoms with Gasteiger partial charge in [0.05, 0.1) is 4.91 Å². The van der Waals surface area contributed by atoms with Crippen LogP contribution in [0.4, 0.5) is 4.79 Å². The molecule has 2 amide bonds. The van der Waals surface area contributed by atoms with Gasteiger partial charge in [-0.15, -0.1) is 0 Å². The fraction of sp³-hybridized carbons (Fsp3) is 0.238. The number of hydrogen-bond donors (Lipinski definition) is 0. The predicted molar refractivity (Wildman–Crippen MR) is 115 cm³/mol. The zero-order valence-electron chi connectivity index (χ0n) is 15.4. The second kappa shape index (κ2) is 9.03. The van der Waals surface area contributed by atoms with E-state index in [-0.39, 0.29) is 17.2 Å². The highest BCUT2D eigenvalue weighted by Crippen LogP contribution is 2.34. The first-order valence-corrected chi connectivity index (χ1v) is 10.4. The number of hydrogen-bond acceptors (Lipinski definition) is 4. The van der Waals surface area contributed by atoms with Gasteiger partial charge >= 0.3 is 0 Å². The Labute approximate surface area is 178 Å². The first-order valence-electron chi connectivity index (χ1n) is 8.83. The predicted octanol–water partition coefficient (Wildman–Crippen LogP) is 6.41. The van der Waals surface area contributed by atoms with Crippen molar-refractivity contribution in [2.24, 2.45) is 0 Å². The van der Waals surface area contributed by atoms with E-state index < -0.39 is 0 Å². The minimum absolute atomic E-state index is 0.103. The number of imide groups is 1. The van der Waals surface area contributed by atoms with Gasteiger partial charge in [0.15, 0.2) is 0 Å². The van der Waals surface area contributed by atoms with E-state index in [1.807, 2.05) is 44.2 Å². The number of ether oxygens (including phenoxy) is 1. The van der Waals surface area contributed by atoms with Crippen molar-refractivity contribution in [1.29, 1.82) is 0 Å². The van der Waals surface area contributed by atoms with Crippen LogP contribution in [-0.2, 0) is 11.4 Å². The van der Waals surface area contributed by atoms with Gasteiger partial charge in [0.2, 0.25) is 0 Å². The SMILES string of the molecule is CC[C@H](C)N1C(=O)S/C(=C/c2ccc(OCc3ccc(Cl)cc3Cl)cc2)C1=O. The fourth-order valence-electron chi connectivity index (χ4n) is 2.65. The van der Waals surface area contributed by atoms with Gasteiger partial charge in [0.1, 0.15) is 12.4 Å². The van der Waals surface area contributed by atoms with E-state index in [4.69, 9.17) is 27.9 Å². The van der Waals surface area contributed by atoms with Crippen LogP contribution in [0.2, 0.25) is 10.0 Å². The summed E-state index contributed by atoms with van der Waals surface area (Å²) in [4.78, 5) is 26.3. The van der Waals surface area contributed by atoms with Crippen molar-refractivity contribution in [1.82, 2.24) is 4.90 Å². The molecule has 0 N–H and O–H groups in total. The molecule has 1 aliphatic rings. The summed E-state index contributed by atoms with van der Waals surface area (Å²) in [7, 11) is 0. The lowest BCUT2D eigenvalue weighted by Gasteiger charge is -2.19. The first-order chi connectivity index (χ1) is 13.4. The lowest BCUT2D eigenvalue weighted by molar-refractivity contribution is -0.124. The lowest BCUT2D eigenvalue weighted by Crippen LogP contribution is -2.36. The van der Waals surface area contributed by atoms with Crippen molar-refractivity contribution in [2.45, 2.75) is 32.9 Å². The van der Waals surface area contributed by atoms with E-state index in [0.717, 1.165) is 29.3 Å². The molecule has 1 atom stereocenters. The minimum atomic E-state index is -0.234. The number of thioether (sulfide) groups is 1. The van der Waals surface area contributed by atoms with Gasteiger partial charge in [-0.3, -0.25) is 14.5 Å². The number of nitrogens with zero attached hydrogens (tertiary/aromatic N) is 1. The van der Waals surface area contributed by atoms with E-state index in [1.54, 1.807) is 18.2 Å². The molecule has 2 aromatic carbocycles. The average Bonchev–Trinajstić information content (AvgIpc) is 2.95. The van der Waals surface area contributed by atoms with Crippen LogP contribution in [0.15, 0.2) is 47.4 Å². The maximum absolute atomic E-state index is 12.5. The third-order valence-electron chi connectivity index (χ3n) is 4.44. The van der Waals surface area contributed by atoms with E-state index in [0.29, 0.717) is 27.3 Å². The normalized spacial score (nSPS) is 16.7. The number of amides is 2. The molecule has 0 saturated carbocycles. The minimum Gasteiger partial charge on any atom is -0.489 e. The largest absolute Gasteiger partial charge is 0.489 e. The summed E-state index contributed by atoms with van der Waals surface area (Å²) in [5, 5.41) is 0.919. The topological polar surface area (TPSA) is 46.6 Å². The second-order valence-electron chi connectivity index (χ2n) is 6.40. The number of rotatable bonds is 6. The number of benzene rings is 2. The van der Waals surface area contributed by atoms with Crippen LogP contribution in [0.1, 0.15) is 31.4 Å². The molecule has 0 aliphatic carbocycles. The molecule has 1 aliphatic heterocycles. The Hall–Kier alpha value is -1.95. The molecule has 0 aromatic heterocycles. The Balaban J connectivity index is 1.67. The maximum atomic E-state index is 12.5. The van der Waals surface area contributed by atoms with Crippen LogP contribution in [0.3, 0.4) is 0 Å². The Bertz CT molecular complexity index is 928. The average molecular weight is 436 g/mol. The molecule has 1 fully saturated rings. The van der Waals surface area contributed by atoms with Crippen LogP contribution in [0.25, 0.3) is 6.08 Å². The quantitative estimate of drug-likeness (QED) is 0.491. The Morgan fingerprint density at radius 2 is 1.86 bits per heavy atom. The third kappa shape index (κ3) is 4.72. The van der Waals surface area contributed by atoms with Crippen molar-refractivity contribution in [3.8, 4) is 5.75 Å². The molecule has 28 heavy (non-hydrogen) atoms. The van der Waals surface area contributed by atoms with Crippen molar-refractivity contribution < 1.29 is 14.3 Å². The highest BCUT2D eigenvalue weighted by Gasteiger charge is 2.37. The van der Waals surface area contributed by atoms with Crippen LogP contribution >= 0.6 is 35.0 Å². The zero-order valence-corrected chi connectivity index (χ0v) is 17.8. The van der Waals surface area contributed by atoms with Gasteiger partial charge in [-0.25, -0.2) is 0 Å². The van der Waals surface area contributed by atoms with Crippen LogP contribution in [0.5, 0.6) is 5.75 Å². The van der Waals surface area contributed by atoms with Crippen LogP contribution in [-0.4, -0.2) is 22.1 Å². The van der Waals surface area contributed by atoms with Gasteiger partial charge in [-0.1, -0.05) is 48.3 Å². The van der Waals surface area contributed by atoms with E-state index in [1.165, 1.54) is 4.90 Å². The molecule has 4 nitrogen and oxygen atoms in total. The number of carbonyl (C=O) groups is 2. The van der Waals surface area contributed by atoms with Crippen molar-refractivity contribution in [3.05, 3.63) is 68.5 Å². The first kappa shape index (κ1) is 20.8. The molecule has 146 valence electrons. The van der Waals surface area contributed by atoms with E-state index in [9.17, 15) is 9.59 Å². The van der Waals surface area contributed by atoms with Crippen molar-refractivity contribution in [2.75, 3.05) is 0 Å². The molecule has 1 saturated heterocycles. The highest BCUT2D eigenvalue weighted by molar-refractivity contribution is 8.18. The Kier molecular flexibility index (Phi) is 6.70. The van der Waals surface area contributed by atoms with Gasteiger partial charge in [0.25, 0.3) is 11.1 Å². The van der Waals surface area contributed by atoms with Gasteiger partial charge in [-0.05, 0) is 61.0 Å². The summed E-state index contributed by atoms with van der Waals surface area (Å²) in [6.45, 7) is 4.15. The highest BCUT2D eigenvalue weighted by atomic mass is 35.5.